The van der Waals surface area contributed by atoms with E-state index in [-0.39, 0.29) is 5.91 Å². The molecule has 0 aliphatic carbocycles. The van der Waals surface area contributed by atoms with Crippen LogP contribution in [0, 0.1) is 6.92 Å². The van der Waals surface area contributed by atoms with E-state index in [1.807, 2.05) is 19.4 Å². The number of piperazine rings is 1. The quantitative estimate of drug-likeness (QED) is 0.860. The highest BCUT2D eigenvalue weighted by molar-refractivity contribution is 7.09. The average molecular weight is 268 g/mol. The van der Waals surface area contributed by atoms with Gasteiger partial charge in [-0.2, -0.15) is 0 Å². The lowest BCUT2D eigenvalue weighted by molar-refractivity contribution is 0.0769. The van der Waals surface area contributed by atoms with E-state index in [0.29, 0.717) is 5.69 Å². The summed E-state index contributed by atoms with van der Waals surface area (Å²) in [5.74, 6) is 0.0227. The molecule has 0 radical (unpaired) electrons. The van der Waals surface area contributed by atoms with Gasteiger partial charge in [-0.1, -0.05) is 0 Å². The summed E-state index contributed by atoms with van der Waals surface area (Å²) >= 11 is 1.52. The van der Waals surface area contributed by atoms with Gasteiger partial charge >= 0.3 is 0 Å². The van der Waals surface area contributed by atoms with Crippen molar-refractivity contribution in [2.24, 2.45) is 0 Å². The van der Waals surface area contributed by atoms with Gasteiger partial charge in [0, 0.05) is 51.7 Å². The Morgan fingerprint density at radius 3 is 2.89 bits per heavy atom. The van der Waals surface area contributed by atoms with Gasteiger partial charge in [0.15, 0.2) is 0 Å². The first kappa shape index (κ1) is 13.5. The van der Waals surface area contributed by atoms with Crippen LogP contribution in [0.3, 0.4) is 0 Å². The first-order valence-electron chi connectivity index (χ1n) is 6.27. The molecule has 0 atom stereocenters. The fourth-order valence-corrected chi connectivity index (χ4v) is 2.57. The van der Waals surface area contributed by atoms with Crippen molar-refractivity contribution >= 4 is 17.2 Å². The molecule has 1 N–H and O–H groups in total. The Kier molecular flexibility index (Phi) is 4.68. The van der Waals surface area contributed by atoms with Crippen molar-refractivity contribution in [3.63, 3.8) is 0 Å². The second-order valence-electron chi connectivity index (χ2n) is 4.57. The van der Waals surface area contributed by atoms with Gasteiger partial charge in [0.1, 0.15) is 5.69 Å². The molecule has 18 heavy (non-hydrogen) atoms. The van der Waals surface area contributed by atoms with Crippen molar-refractivity contribution in [1.82, 2.24) is 20.1 Å². The maximum absolute atomic E-state index is 12.1. The van der Waals surface area contributed by atoms with Crippen molar-refractivity contribution < 1.29 is 4.79 Å². The first-order valence-corrected chi connectivity index (χ1v) is 7.15. The summed E-state index contributed by atoms with van der Waals surface area (Å²) in [7, 11) is 1.85. The van der Waals surface area contributed by atoms with E-state index in [0.717, 1.165) is 44.3 Å². The van der Waals surface area contributed by atoms with Crippen LogP contribution in [-0.2, 0) is 0 Å². The number of hydrogen-bond donors (Lipinski definition) is 1. The standard InChI is InChI=1S/C12H20N4OS/c1-10-14-11(9-18-10)12(17)15(2)7-8-16-5-3-13-4-6-16/h9,13H,3-8H2,1-2H3. The Morgan fingerprint density at radius 1 is 1.56 bits per heavy atom. The summed E-state index contributed by atoms with van der Waals surface area (Å²) in [6.07, 6.45) is 0. The Labute approximate surface area is 112 Å². The van der Waals surface area contributed by atoms with Crippen LogP contribution < -0.4 is 5.32 Å². The van der Waals surface area contributed by atoms with Crippen molar-refractivity contribution in [1.29, 1.82) is 0 Å². The minimum atomic E-state index is 0.0227. The Morgan fingerprint density at radius 2 is 2.28 bits per heavy atom. The molecule has 2 rings (SSSR count). The number of nitrogens with zero attached hydrogens (tertiary/aromatic N) is 3. The maximum Gasteiger partial charge on any atom is 0.273 e. The van der Waals surface area contributed by atoms with Crippen LogP contribution in [0.25, 0.3) is 0 Å². The zero-order valence-corrected chi connectivity index (χ0v) is 11.8. The van der Waals surface area contributed by atoms with Gasteiger partial charge in [-0.05, 0) is 6.92 Å². The molecule has 1 aliphatic heterocycles. The van der Waals surface area contributed by atoms with Crippen LogP contribution in [0.1, 0.15) is 15.5 Å². The Bertz CT molecular complexity index is 401. The maximum atomic E-state index is 12.1. The molecule has 100 valence electrons. The average Bonchev–Trinajstić information content (AvgIpc) is 2.83. The molecular weight excluding hydrogens is 248 g/mol. The fraction of sp³-hybridized carbons (Fsp3) is 0.667. The number of thiazole rings is 1. The topological polar surface area (TPSA) is 48.5 Å². The highest BCUT2D eigenvalue weighted by Gasteiger charge is 2.16. The third-order valence-corrected chi connectivity index (χ3v) is 3.92. The number of nitrogens with one attached hydrogen (secondary N) is 1. The zero-order valence-electron chi connectivity index (χ0n) is 11.0. The number of likely N-dealkylation sites (N-methyl/N-ethyl adjacent to an activating group) is 1. The van der Waals surface area contributed by atoms with Gasteiger partial charge in [0.25, 0.3) is 5.91 Å². The van der Waals surface area contributed by atoms with Crippen LogP contribution >= 0.6 is 11.3 Å². The van der Waals surface area contributed by atoms with E-state index < -0.39 is 0 Å². The molecule has 0 spiro atoms. The summed E-state index contributed by atoms with van der Waals surface area (Å²) in [6, 6.07) is 0. The largest absolute Gasteiger partial charge is 0.339 e. The molecule has 1 fully saturated rings. The van der Waals surface area contributed by atoms with Gasteiger partial charge < -0.3 is 10.2 Å². The van der Waals surface area contributed by atoms with E-state index in [4.69, 9.17) is 0 Å². The molecule has 0 saturated carbocycles. The van der Waals surface area contributed by atoms with Crippen molar-refractivity contribution in [2.45, 2.75) is 6.92 Å². The molecule has 1 aromatic heterocycles. The Hall–Kier alpha value is -0.980. The number of carbonyl (C=O) groups excluding carboxylic acids is 1. The number of aromatic nitrogens is 1. The van der Waals surface area contributed by atoms with Gasteiger partial charge in [-0.25, -0.2) is 4.98 Å². The second-order valence-corrected chi connectivity index (χ2v) is 5.63. The van der Waals surface area contributed by atoms with Gasteiger partial charge in [0.2, 0.25) is 0 Å². The van der Waals surface area contributed by atoms with Crippen molar-refractivity contribution in [2.75, 3.05) is 46.3 Å². The molecule has 0 unspecified atom stereocenters. The zero-order chi connectivity index (χ0) is 13.0. The lowest BCUT2D eigenvalue weighted by Crippen LogP contribution is -2.46. The molecular formula is C12H20N4OS. The van der Waals surface area contributed by atoms with E-state index in [2.05, 4.69) is 15.2 Å². The van der Waals surface area contributed by atoms with Crippen LogP contribution in [0.4, 0.5) is 0 Å². The summed E-state index contributed by atoms with van der Waals surface area (Å²) in [4.78, 5) is 20.4. The molecule has 2 heterocycles. The monoisotopic (exact) mass is 268 g/mol. The van der Waals surface area contributed by atoms with Crippen molar-refractivity contribution in [3.05, 3.63) is 16.1 Å². The number of rotatable bonds is 4. The molecule has 1 aromatic rings. The first-order chi connectivity index (χ1) is 8.66. The third kappa shape index (κ3) is 3.51. The fourth-order valence-electron chi connectivity index (χ4n) is 1.98. The highest BCUT2D eigenvalue weighted by atomic mass is 32.1. The van der Waals surface area contributed by atoms with Crippen molar-refractivity contribution in [3.8, 4) is 0 Å². The number of hydrogen-bond acceptors (Lipinski definition) is 5. The molecule has 1 amide bonds. The minimum absolute atomic E-state index is 0.0227. The lowest BCUT2D eigenvalue weighted by Gasteiger charge is -2.28. The second kappa shape index (κ2) is 6.26. The van der Waals surface area contributed by atoms with Crippen LogP contribution in [-0.4, -0.2) is 67.0 Å². The lowest BCUT2D eigenvalue weighted by atomic mass is 10.3. The summed E-state index contributed by atoms with van der Waals surface area (Å²) in [5.41, 5.74) is 0.570. The number of aryl methyl sites for hydroxylation is 1. The van der Waals surface area contributed by atoms with Crippen LogP contribution in [0.5, 0.6) is 0 Å². The van der Waals surface area contributed by atoms with E-state index in [9.17, 15) is 4.79 Å². The summed E-state index contributed by atoms with van der Waals surface area (Å²) in [6.45, 7) is 7.84. The van der Waals surface area contributed by atoms with Gasteiger partial charge in [-0.15, -0.1) is 11.3 Å². The van der Waals surface area contributed by atoms with E-state index >= 15 is 0 Å². The smallest absolute Gasteiger partial charge is 0.273 e. The molecule has 0 aromatic carbocycles. The van der Waals surface area contributed by atoms with Crippen LogP contribution in [0.15, 0.2) is 5.38 Å². The predicted molar refractivity (Wildman–Crippen MR) is 73.1 cm³/mol. The molecule has 0 bridgehead atoms. The SMILES string of the molecule is Cc1nc(C(=O)N(C)CCN2CCNCC2)cs1. The van der Waals surface area contributed by atoms with Gasteiger partial charge in [0.05, 0.1) is 5.01 Å². The van der Waals surface area contributed by atoms with E-state index in [1.165, 1.54) is 11.3 Å². The number of amides is 1. The Balaban J connectivity index is 1.80. The third-order valence-electron chi connectivity index (χ3n) is 3.15. The summed E-state index contributed by atoms with van der Waals surface area (Å²) < 4.78 is 0. The number of carbonyl (C=O) groups is 1. The summed E-state index contributed by atoms with van der Waals surface area (Å²) in [5, 5.41) is 6.09. The molecule has 5 nitrogen and oxygen atoms in total. The van der Waals surface area contributed by atoms with Gasteiger partial charge in [-0.3, -0.25) is 9.69 Å². The molecule has 6 heteroatoms. The predicted octanol–water partition coefficient (Wildman–Crippen LogP) is 0.429. The molecule has 1 saturated heterocycles. The van der Waals surface area contributed by atoms with Crippen LogP contribution in [0.2, 0.25) is 0 Å². The highest BCUT2D eigenvalue weighted by Crippen LogP contribution is 2.09. The minimum Gasteiger partial charge on any atom is -0.339 e. The normalized spacial score (nSPS) is 16.8. The molecule has 1 aliphatic rings. The van der Waals surface area contributed by atoms with E-state index in [1.54, 1.807) is 4.90 Å².